The van der Waals surface area contributed by atoms with E-state index >= 15 is 0 Å². The van der Waals surface area contributed by atoms with Gasteiger partial charge in [-0.05, 0) is 42.5 Å². The zero-order valence-corrected chi connectivity index (χ0v) is 16.2. The molecular weight excluding hydrogens is 356 g/mol. The van der Waals surface area contributed by atoms with Gasteiger partial charge in [0, 0.05) is 18.0 Å². The molecule has 0 amide bonds. The lowest BCUT2D eigenvalue weighted by Crippen LogP contribution is -2.42. The SMILES string of the molecule is COc1cc(O)c(C(=N)N(C(N)=NN=C2CC2)c2cccnc2)cc1C(C)C. The lowest BCUT2D eigenvalue weighted by molar-refractivity contribution is 0.400. The summed E-state index contributed by atoms with van der Waals surface area (Å²) in [4.78, 5) is 5.51. The molecule has 0 radical (unpaired) electrons. The van der Waals surface area contributed by atoms with Crippen molar-refractivity contribution in [2.75, 3.05) is 12.0 Å². The largest absolute Gasteiger partial charge is 0.507 e. The molecule has 0 unspecified atom stereocenters. The molecule has 0 bridgehead atoms. The Hall–Kier alpha value is -3.42. The van der Waals surface area contributed by atoms with Crippen molar-refractivity contribution in [2.45, 2.75) is 32.6 Å². The highest BCUT2D eigenvalue weighted by Gasteiger charge is 2.24. The second-order valence-electron chi connectivity index (χ2n) is 6.79. The molecule has 1 aliphatic carbocycles. The number of amidine groups is 1. The van der Waals surface area contributed by atoms with Crippen molar-refractivity contribution in [1.29, 1.82) is 5.41 Å². The Kier molecular flexibility index (Phi) is 5.58. The van der Waals surface area contributed by atoms with E-state index in [1.165, 1.54) is 11.0 Å². The first-order chi connectivity index (χ1) is 13.4. The van der Waals surface area contributed by atoms with Gasteiger partial charge in [-0.25, -0.2) is 0 Å². The first kappa shape index (κ1) is 19.3. The molecule has 1 saturated carbocycles. The van der Waals surface area contributed by atoms with E-state index in [1.54, 1.807) is 37.7 Å². The molecule has 8 nitrogen and oxygen atoms in total. The van der Waals surface area contributed by atoms with Gasteiger partial charge in [0.2, 0.25) is 5.96 Å². The molecule has 4 N–H and O–H groups in total. The summed E-state index contributed by atoms with van der Waals surface area (Å²) >= 11 is 0. The summed E-state index contributed by atoms with van der Waals surface area (Å²) in [6, 6.07) is 6.75. The van der Waals surface area contributed by atoms with Crippen LogP contribution < -0.4 is 15.4 Å². The van der Waals surface area contributed by atoms with E-state index in [0.29, 0.717) is 17.0 Å². The van der Waals surface area contributed by atoms with Crippen LogP contribution in [0.5, 0.6) is 11.5 Å². The average molecular weight is 380 g/mol. The number of benzene rings is 1. The number of rotatable bonds is 5. The topological polar surface area (TPSA) is 120 Å². The molecule has 0 atom stereocenters. The molecule has 0 spiro atoms. The van der Waals surface area contributed by atoms with E-state index in [1.807, 2.05) is 13.8 Å². The number of aromatic hydroxyl groups is 1. The van der Waals surface area contributed by atoms with Gasteiger partial charge in [0.1, 0.15) is 17.3 Å². The summed E-state index contributed by atoms with van der Waals surface area (Å²) < 4.78 is 5.37. The maximum Gasteiger partial charge on any atom is 0.226 e. The smallest absolute Gasteiger partial charge is 0.226 e. The number of phenolic OH excluding ortho intramolecular Hbond substituents is 1. The summed E-state index contributed by atoms with van der Waals surface area (Å²) in [5.74, 6) is 0.618. The van der Waals surface area contributed by atoms with Gasteiger partial charge >= 0.3 is 0 Å². The van der Waals surface area contributed by atoms with Crippen molar-refractivity contribution in [3.05, 3.63) is 47.8 Å². The minimum atomic E-state index is -0.0820. The normalized spacial score (nSPS) is 13.4. The first-order valence-corrected chi connectivity index (χ1v) is 9.01. The van der Waals surface area contributed by atoms with Gasteiger partial charge in [0.25, 0.3) is 0 Å². The van der Waals surface area contributed by atoms with Crippen LogP contribution in [0.25, 0.3) is 0 Å². The molecule has 0 aliphatic heterocycles. The molecule has 3 rings (SSSR count). The Morgan fingerprint density at radius 2 is 2.11 bits per heavy atom. The van der Waals surface area contributed by atoms with Crippen LogP contribution in [0.3, 0.4) is 0 Å². The number of nitrogens with zero attached hydrogens (tertiary/aromatic N) is 4. The van der Waals surface area contributed by atoms with Gasteiger partial charge < -0.3 is 15.6 Å². The molecule has 1 aliphatic rings. The molecule has 146 valence electrons. The van der Waals surface area contributed by atoms with Gasteiger partial charge in [-0.2, -0.15) is 5.10 Å². The fourth-order valence-corrected chi connectivity index (χ4v) is 2.71. The van der Waals surface area contributed by atoms with Crippen LogP contribution in [0.2, 0.25) is 0 Å². The molecule has 28 heavy (non-hydrogen) atoms. The zero-order valence-electron chi connectivity index (χ0n) is 16.2. The number of ether oxygens (including phenoxy) is 1. The van der Waals surface area contributed by atoms with Crippen molar-refractivity contribution in [2.24, 2.45) is 15.9 Å². The van der Waals surface area contributed by atoms with Crippen LogP contribution in [0.1, 0.15) is 43.7 Å². The summed E-state index contributed by atoms with van der Waals surface area (Å²) in [6.07, 6.45) is 5.03. The maximum absolute atomic E-state index is 10.5. The van der Waals surface area contributed by atoms with E-state index in [0.717, 1.165) is 24.1 Å². The van der Waals surface area contributed by atoms with Crippen LogP contribution in [0.4, 0.5) is 5.69 Å². The third kappa shape index (κ3) is 4.11. The molecule has 0 saturated heterocycles. The number of phenols is 1. The standard InChI is InChI=1S/C20H24N6O2/c1-12(2)15-9-16(17(27)10-18(15)28-3)19(21)26(14-5-4-8-23-11-14)20(22)25-24-13-6-7-13/h4-5,8-12,21,27H,6-7H2,1-3H3,(H2,22,25). The average Bonchev–Trinajstić information content (AvgIpc) is 3.51. The Morgan fingerprint density at radius 3 is 2.68 bits per heavy atom. The highest BCUT2D eigenvalue weighted by Crippen LogP contribution is 2.34. The molecule has 2 aromatic rings. The lowest BCUT2D eigenvalue weighted by Gasteiger charge is -2.25. The molecule has 1 aromatic heterocycles. The Balaban J connectivity index is 2.08. The third-order valence-corrected chi connectivity index (χ3v) is 4.35. The number of nitrogens with two attached hydrogens (primary N) is 1. The number of nitrogens with one attached hydrogen (secondary N) is 1. The first-order valence-electron chi connectivity index (χ1n) is 9.01. The predicted octanol–water partition coefficient (Wildman–Crippen LogP) is 3.22. The van der Waals surface area contributed by atoms with Crippen molar-refractivity contribution in [3.63, 3.8) is 0 Å². The van der Waals surface area contributed by atoms with Crippen LogP contribution in [-0.2, 0) is 0 Å². The fourth-order valence-electron chi connectivity index (χ4n) is 2.71. The summed E-state index contributed by atoms with van der Waals surface area (Å²) in [6.45, 7) is 4.03. The monoisotopic (exact) mass is 380 g/mol. The molecule has 8 heteroatoms. The Labute approximate surface area is 163 Å². The third-order valence-electron chi connectivity index (χ3n) is 4.35. The highest BCUT2D eigenvalue weighted by atomic mass is 16.5. The summed E-state index contributed by atoms with van der Waals surface area (Å²) in [5.41, 5.74) is 8.86. The Bertz CT molecular complexity index is 931. The summed E-state index contributed by atoms with van der Waals surface area (Å²) in [7, 11) is 1.55. The van der Waals surface area contributed by atoms with E-state index in [2.05, 4.69) is 15.2 Å². The van der Waals surface area contributed by atoms with Crippen molar-refractivity contribution >= 4 is 23.2 Å². The van der Waals surface area contributed by atoms with Gasteiger partial charge in [0.15, 0.2) is 0 Å². The van der Waals surface area contributed by atoms with Crippen molar-refractivity contribution in [1.82, 2.24) is 4.98 Å². The van der Waals surface area contributed by atoms with E-state index in [4.69, 9.17) is 15.9 Å². The molecular formula is C20H24N6O2. The van der Waals surface area contributed by atoms with E-state index in [9.17, 15) is 5.11 Å². The number of pyridine rings is 1. The van der Waals surface area contributed by atoms with Crippen LogP contribution >= 0.6 is 0 Å². The minimum absolute atomic E-state index is 0.0266. The fraction of sp³-hybridized carbons (Fsp3) is 0.300. The van der Waals surface area contributed by atoms with Crippen molar-refractivity contribution in [3.8, 4) is 11.5 Å². The second kappa shape index (κ2) is 8.08. The number of hydrogen-bond acceptors (Lipinski definition) is 6. The second-order valence-corrected chi connectivity index (χ2v) is 6.79. The number of aromatic nitrogens is 1. The minimum Gasteiger partial charge on any atom is -0.507 e. The van der Waals surface area contributed by atoms with Crippen molar-refractivity contribution < 1.29 is 9.84 Å². The molecule has 1 aromatic carbocycles. The van der Waals surface area contributed by atoms with Gasteiger partial charge in [-0.3, -0.25) is 15.3 Å². The van der Waals surface area contributed by atoms with Gasteiger partial charge in [0.05, 0.1) is 24.6 Å². The molecule has 1 fully saturated rings. The van der Waals surface area contributed by atoms with Gasteiger partial charge in [-0.1, -0.05) is 13.8 Å². The number of anilines is 1. The Morgan fingerprint density at radius 1 is 1.36 bits per heavy atom. The van der Waals surface area contributed by atoms with Crippen LogP contribution in [-0.4, -0.2) is 34.7 Å². The number of guanidine groups is 1. The van der Waals surface area contributed by atoms with Crippen LogP contribution in [0.15, 0.2) is 46.9 Å². The number of methoxy groups -OCH3 is 1. The zero-order chi connectivity index (χ0) is 20.3. The highest BCUT2D eigenvalue weighted by molar-refractivity contribution is 6.23. The quantitative estimate of drug-likeness (QED) is 0.418. The maximum atomic E-state index is 10.5. The van der Waals surface area contributed by atoms with E-state index in [-0.39, 0.29) is 23.5 Å². The number of hydrogen-bond donors (Lipinski definition) is 3. The predicted molar refractivity (Wildman–Crippen MR) is 111 cm³/mol. The molecule has 1 heterocycles. The summed E-state index contributed by atoms with van der Waals surface area (Å²) in [5, 5.41) is 27.4. The van der Waals surface area contributed by atoms with Gasteiger partial charge in [-0.15, -0.1) is 5.10 Å². The van der Waals surface area contributed by atoms with E-state index < -0.39 is 0 Å². The lowest BCUT2D eigenvalue weighted by atomic mass is 9.98. The van der Waals surface area contributed by atoms with Crippen LogP contribution in [0, 0.1) is 5.41 Å².